The van der Waals surface area contributed by atoms with Crippen molar-refractivity contribution in [3.05, 3.63) is 34.9 Å². The van der Waals surface area contributed by atoms with Crippen molar-refractivity contribution in [2.75, 3.05) is 7.11 Å². The molecule has 0 aromatic heterocycles. The van der Waals surface area contributed by atoms with Crippen molar-refractivity contribution in [3.8, 4) is 0 Å². The normalized spacial score (nSPS) is 14.2. The highest BCUT2D eigenvalue weighted by Crippen LogP contribution is 2.23. The molecule has 17 heavy (non-hydrogen) atoms. The molecule has 0 bridgehead atoms. The van der Waals surface area contributed by atoms with Crippen molar-refractivity contribution in [3.63, 3.8) is 0 Å². The van der Waals surface area contributed by atoms with E-state index in [0.717, 1.165) is 11.1 Å². The van der Waals surface area contributed by atoms with Gasteiger partial charge >= 0.3 is 5.97 Å². The number of rotatable bonds is 4. The summed E-state index contributed by atoms with van der Waals surface area (Å²) in [7, 11) is 1.25. The average Bonchev–Trinajstić information content (AvgIpc) is 2.31. The summed E-state index contributed by atoms with van der Waals surface area (Å²) < 4.78 is 4.45. The van der Waals surface area contributed by atoms with E-state index in [1.54, 1.807) is 6.07 Å². The number of carbonyl (C=O) groups excluding carboxylic acids is 1. The lowest BCUT2D eigenvalue weighted by molar-refractivity contribution is -0.144. The first-order valence-electron chi connectivity index (χ1n) is 5.45. The van der Waals surface area contributed by atoms with Crippen molar-refractivity contribution in [1.29, 1.82) is 0 Å². The molecule has 0 spiro atoms. The molecule has 0 amide bonds. The van der Waals surface area contributed by atoms with E-state index < -0.39 is 18.2 Å². The highest BCUT2D eigenvalue weighted by molar-refractivity contribution is 5.69. The number of carbonyl (C=O) groups is 1. The molecule has 94 valence electrons. The Morgan fingerprint density at radius 2 is 2.00 bits per heavy atom. The van der Waals surface area contributed by atoms with Crippen LogP contribution in [0.25, 0.3) is 0 Å². The Bertz CT molecular complexity index is 400. The van der Waals surface area contributed by atoms with E-state index >= 15 is 0 Å². The fourth-order valence-electron chi connectivity index (χ4n) is 1.65. The highest BCUT2D eigenvalue weighted by atomic mass is 16.5. The third-order valence-corrected chi connectivity index (χ3v) is 2.72. The van der Waals surface area contributed by atoms with Crippen molar-refractivity contribution in [2.45, 2.75) is 32.5 Å². The molecule has 0 radical (unpaired) electrons. The average molecular weight is 238 g/mol. The molecule has 4 heteroatoms. The molecule has 0 aliphatic heterocycles. The van der Waals surface area contributed by atoms with Crippen LogP contribution in [-0.4, -0.2) is 29.4 Å². The molecule has 4 nitrogen and oxygen atoms in total. The molecule has 0 heterocycles. The van der Waals surface area contributed by atoms with Gasteiger partial charge in [0.25, 0.3) is 0 Å². The van der Waals surface area contributed by atoms with Gasteiger partial charge in [0.15, 0.2) is 0 Å². The topological polar surface area (TPSA) is 66.8 Å². The third kappa shape index (κ3) is 3.54. The lowest BCUT2D eigenvalue weighted by Gasteiger charge is -2.19. The quantitative estimate of drug-likeness (QED) is 0.775. The van der Waals surface area contributed by atoms with E-state index in [2.05, 4.69) is 4.74 Å². The van der Waals surface area contributed by atoms with Gasteiger partial charge in [-0.1, -0.05) is 23.8 Å². The van der Waals surface area contributed by atoms with Gasteiger partial charge in [-0.05, 0) is 25.0 Å². The summed E-state index contributed by atoms with van der Waals surface area (Å²) >= 11 is 0. The van der Waals surface area contributed by atoms with Crippen LogP contribution in [0, 0.1) is 13.8 Å². The summed E-state index contributed by atoms with van der Waals surface area (Å²) in [6, 6.07) is 5.61. The van der Waals surface area contributed by atoms with Crippen molar-refractivity contribution in [2.24, 2.45) is 0 Å². The smallest absolute Gasteiger partial charge is 0.308 e. The molecule has 2 N–H and O–H groups in total. The van der Waals surface area contributed by atoms with Crippen molar-refractivity contribution >= 4 is 5.97 Å². The van der Waals surface area contributed by atoms with Gasteiger partial charge in [0.2, 0.25) is 0 Å². The number of aryl methyl sites for hydroxylation is 2. The molecule has 0 aliphatic carbocycles. The number of hydrogen-bond donors (Lipinski definition) is 2. The summed E-state index contributed by atoms with van der Waals surface area (Å²) in [5, 5.41) is 19.7. The molecule has 0 saturated heterocycles. The van der Waals surface area contributed by atoms with E-state index in [1.807, 2.05) is 26.0 Å². The predicted molar refractivity (Wildman–Crippen MR) is 63.5 cm³/mol. The van der Waals surface area contributed by atoms with Crippen molar-refractivity contribution in [1.82, 2.24) is 0 Å². The Labute approximate surface area is 101 Å². The number of benzene rings is 1. The fraction of sp³-hybridized carbons (Fsp3) is 0.462. The summed E-state index contributed by atoms with van der Waals surface area (Å²) in [5.74, 6) is -0.540. The highest BCUT2D eigenvalue weighted by Gasteiger charge is 2.23. The van der Waals surface area contributed by atoms with Gasteiger partial charge in [0.05, 0.1) is 19.6 Å². The van der Waals surface area contributed by atoms with Crippen LogP contribution in [0.5, 0.6) is 0 Å². The zero-order valence-electron chi connectivity index (χ0n) is 10.3. The van der Waals surface area contributed by atoms with E-state index in [4.69, 9.17) is 0 Å². The van der Waals surface area contributed by atoms with Crippen LogP contribution in [0.1, 0.15) is 29.2 Å². The summed E-state index contributed by atoms with van der Waals surface area (Å²) in [6.45, 7) is 3.76. The van der Waals surface area contributed by atoms with Gasteiger partial charge in [-0.25, -0.2) is 0 Å². The van der Waals surface area contributed by atoms with Crippen LogP contribution < -0.4 is 0 Å². The number of aliphatic hydroxyl groups is 2. The third-order valence-electron chi connectivity index (χ3n) is 2.72. The first kappa shape index (κ1) is 13.7. The van der Waals surface area contributed by atoms with Gasteiger partial charge in [-0.15, -0.1) is 0 Å². The van der Waals surface area contributed by atoms with E-state index in [0.29, 0.717) is 5.56 Å². The number of methoxy groups -OCH3 is 1. The Kier molecular flexibility index (Phi) is 4.66. The number of hydrogen-bond acceptors (Lipinski definition) is 4. The Morgan fingerprint density at radius 1 is 1.35 bits per heavy atom. The number of aliphatic hydroxyl groups excluding tert-OH is 2. The molecule has 1 aromatic carbocycles. The zero-order valence-corrected chi connectivity index (χ0v) is 10.3. The summed E-state index contributed by atoms with van der Waals surface area (Å²) in [5.41, 5.74) is 2.52. The van der Waals surface area contributed by atoms with E-state index in [1.165, 1.54) is 7.11 Å². The van der Waals surface area contributed by atoms with Crippen molar-refractivity contribution < 1.29 is 19.7 Å². The van der Waals surface area contributed by atoms with Gasteiger partial charge in [0, 0.05) is 0 Å². The predicted octanol–water partition coefficient (Wildman–Crippen LogP) is 1.26. The van der Waals surface area contributed by atoms with Gasteiger partial charge < -0.3 is 14.9 Å². The standard InChI is InChI=1S/C13H18O4/c1-8-4-5-9(2)10(6-8)13(16)11(14)7-12(15)17-3/h4-6,11,13-14,16H,7H2,1-3H3. The maximum absolute atomic E-state index is 11.0. The first-order chi connectivity index (χ1) is 7.95. The second-order valence-electron chi connectivity index (χ2n) is 4.15. The Hall–Kier alpha value is -1.39. The first-order valence-corrected chi connectivity index (χ1v) is 5.45. The summed E-state index contributed by atoms with van der Waals surface area (Å²) in [4.78, 5) is 11.0. The molecule has 0 aliphatic rings. The van der Waals surface area contributed by atoms with Crippen LogP contribution in [0.2, 0.25) is 0 Å². The van der Waals surface area contributed by atoms with Gasteiger partial charge in [-0.3, -0.25) is 4.79 Å². The van der Waals surface area contributed by atoms with Gasteiger partial charge in [-0.2, -0.15) is 0 Å². The molecule has 0 saturated carbocycles. The summed E-state index contributed by atoms with van der Waals surface area (Å²) in [6.07, 6.45) is -2.44. The molecule has 2 atom stereocenters. The molecular weight excluding hydrogens is 220 g/mol. The van der Waals surface area contributed by atoms with Crippen LogP contribution in [-0.2, 0) is 9.53 Å². The van der Waals surface area contributed by atoms with Crippen LogP contribution in [0.15, 0.2) is 18.2 Å². The minimum absolute atomic E-state index is 0.217. The lowest BCUT2D eigenvalue weighted by Crippen LogP contribution is -2.23. The maximum atomic E-state index is 11.0. The lowest BCUT2D eigenvalue weighted by atomic mass is 9.96. The molecular formula is C13H18O4. The number of esters is 1. The molecule has 1 aromatic rings. The monoisotopic (exact) mass is 238 g/mol. The second-order valence-corrected chi connectivity index (χ2v) is 4.15. The fourth-order valence-corrected chi connectivity index (χ4v) is 1.65. The molecule has 2 unspecified atom stereocenters. The van der Waals surface area contributed by atoms with E-state index in [9.17, 15) is 15.0 Å². The van der Waals surface area contributed by atoms with Crippen LogP contribution in [0.4, 0.5) is 0 Å². The number of ether oxygens (including phenoxy) is 1. The second kappa shape index (κ2) is 5.80. The minimum Gasteiger partial charge on any atom is -0.469 e. The zero-order chi connectivity index (χ0) is 13.0. The van der Waals surface area contributed by atoms with E-state index in [-0.39, 0.29) is 6.42 Å². The molecule has 0 fully saturated rings. The Morgan fingerprint density at radius 3 is 2.59 bits per heavy atom. The minimum atomic E-state index is -1.15. The van der Waals surface area contributed by atoms with Crippen LogP contribution in [0.3, 0.4) is 0 Å². The SMILES string of the molecule is COC(=O)CC(O)C(O)c1cc(C)ccc1C. The van der Waals surface area contributed by atoms with Crippen LogP contribution >= 0.6 is 0 Å². The maximum Gasteiger partial charge on any atom is 0.308 e. The Balaban J connectivity index is 2.84. The van der Waals surface area contributed by atoms with Gasteiger partial charge in [0.1, 0.15) is 6.10 Å². The largest absolute Gasteiger partial charge is 0.469 e. The molecule has 1 rings (SSSR count).